The molecule has 5 rings (SSSR count). The normalized spacial score (nSPS) is 13.3. The van der Waals surface area contributed by atoms with Crippen LogP contribution in [0.25, 0.3) is 0 Å². The SMILES string of the molecule is CS(=O)(=O)OC(COC(c1c[nH]cn1)C(c1ccccc1)(c1ccccc1)c1ccccc1)c1ccc(C#N)cc1. The molecule has 2 atom stereocenters. The minimum atomic E-state index is -3.85. The number of hydrogen-bond donors (Lipinski definition) is 1. The number of aromatic amines is 1. The standard InChI is InChI=1S/C33H29N3O4S/c1-41(37,38)40-31(26-19-17-25(21-34)18-20-26)23-39-32(30-22-35-24-36-30)33(27-11-5-2-6-12-27,28-13-7-3-8-14-28)29-15-9-4-10-16-29/h2-20,22,24,31-32H,23H2,1H3,(H,35,36). The van der Waals surface area contributed by atoms with E-state index in [1.54, 1.807) is 36.8 Å². The molecule has 0 spiro atoms. The molecule has 0 saturated carbocycles. The number of ether oxygens (including phenoxy) is 1. The summed E-state index contributed by atoms with van der Waals surface area (Å²) in [6.07, 6.45) is 2.74. The van der Waals surface area contributed by atoms with Gasteiger partial charge in [0.25, 0.3) is 10.1 Å². The quantitative estimate of drug-likeness (QED) is 0.154. The van der Waals surface area contributed by atoms with Gasteiger partial charge in [-0.25, -0.2) is 4.98 Å². The lowest BCUT2D eigenvalue weighted by Gasteiger charge is -2.42. The predicted molar refractivity (Wildman–Crippen MR) is 156 cm³/mol. The monoisotopic (exact) mass is 563 g/mol. The Balaban J connectivity index is 1.69. The lowest BCUT2D eigenvalue weighted by molar-refractivity contribution is -0.0251. The van der Waals surface area contributed by atoms with Crippen LogP contribution in [-0.2, 0) is 24.5 Å². The van der Waals surface area contributed by atoms with Gasteiger partial charge in [-0.05, 0) is 34.4 Å². The minimum absolute atomic E-state index is 0.106. The smallest absolute Gasteiger partial charge is 0.265 e. The molecule has 1 N–H and O–H groups in total. The van der Waals surface area contributed by atoms with Gasteiger partial charge in [0.1, 0.15) is 12.2 Å². The number of benzene rings is 4. The molecule has 0 fully saturated rings. The molecule has 7 nitrogen and oxygen atoms in total. The molecule has 0 aliphatic carbocycles. The maximum Gasteiger partial charge on any atom is 0.265 e. The zero-order valence-electron chi connectivity index (χ0n) is 22.4. The number of hydrogen-bond acceptors (Lipinski definition) is 6. The molecule has 2 unspecified atom stereocenters. The van der Waals surface area contributed by atoms with Gasteiger partial charge in [0.2, 0.25) is 0 Å². The third kappa shape index (κ3) is 6.13. The zero-order chi connectivity index (χ0) is 28.7. The summed E-state index contributed by atoms with van der Waals surface area (Å²) in [6.45, 7) is -0.106. The molecule has 1 heterocycles. The van der Waals surface area contributed by atoms with E-state index in [4.69, 9.17) is 8.92 Å². The van der Waals surface area contributed by atoms with E-state index in [1.165, 1.54) is 0 Å². The van der Waals surface area contributed by atoms with Gasteiger partial charge in [-0.1, -0.05) is 103 Å². The highest BCUT2D eigenvalue weighted by Crippen LogP contribution is 2.50. The highest BCUT2D eigenvalue weighted by molar-refractivity contribution is 7.86. The Labute approximate surface area is 240 Å². The average Bonchev–Trinajstić information content (AvgIpc) is 3.54. The zero-order valence-corrected chi connectivity index (χ0v) is 23.2. The lowest BCUT2D eigenvalue weighted by Crippen LogP contribution is -2.39. The topological polar surface area (TPSA) is 105 Å². The first-order valence-electron chi connectivity index (χ1n) is 13.1. The van der Waals surface area contributed by atoms with E-state index in [-0.39, 0.29) is 6.61 Å². The Morgan fingerprint density at radius 3 is 1.76 bits per heavy atom. The fourth-order valence-electron chi connectivity index (χ4n) is 5.25. The Morgan fingerprint density at radius 2 is 1.34 bits per heavy atom. The fourth-order valence-corrected chi connectivity index (χ4v) is 5.84. The number of nitrogens with one attached hydrogen (secondary N) is 1. The van der Waals surface area contributed by atoms with Crippen LogP contribution in [0.5, 0.6) is 0 Å². The van der Waals surface area contributed by atoms with Crippen LogP contribution in [-0.4, -0.2) is 31.2 Å². The highest BCUT2D eigenvalue weighted by atomic mass is 32.2. The van der Waals surface area contributed by atoms with Crippen LogP contribution in [0.3, 0.4) is 0 Å². The van der Waals surface area contributed by atoms with Crippen LogP contribution in [0.15, 0.2) is 128 Å². The van der Waals surface area contributed by atoms with Crippen molar-refractivity contribution in [3.05, 3.63) is 161 Å². The first kappa shape index (κ1) is 28.0. The molecule has 4 aromatic carbocycles. The van der Waals surface area contributed by atoms with Crippen molar-refractivity contribution in [2.45, 2.75) is 17.6 Å². The molecule has 0 amide bonds. The van der Waals surface area contributed by atoms with Crippen molar-refractivity contribution in [2.75, 3.05) is 12.9 Å². The number of nitriles is 1. The first-order valence-corrected chi connectivity index (χ1v) is 14.9. The van der Waals surface area contributed by atoms with Crippen LogP contribution in [0.1, 0.15) is 45.7 Å². The summed E-state index contributed by atoms with van der Waals surface area (Å²) in [4.78, 5) is 7.69. The third-order valence-corrected chi connectivity index (χ3v) is 7.57. The van der Waals surface area contributed by atoms with Gasteiger partial charge in [-0.2, -0.15) is 13.7 Å². The predicted octanol–water partition coefficient (Wildman–Crippen LogP) is 6.09. The summed E-state index contributed by atoms with van der Waals surface area (Å²) in [6, 6.07) is 38.9. The molecule has 0 aliphatic heterocycles. The van der Waals surface area contributed by atoms with Gasteiger partial charge in [0.05, 0.1) is 41.9 Å². The summed E-state index contributed by atoms with van der Waals surface area (Å²) < 4.78 is 37.0. The molecule has 1 aromatic heterocycles. The maximum absolute atomic E-state index is 12.3. The number of nitrogens with zero attached hydrogens (tertiary/aromatic N) is 2. The maximum atomic E-state index is 12.3. The van der Waals surface area contributed by atoms with Gasteiger partial charge in [-0.15, -0.1) is 0 Å². The number of imidazole rings is 1. The van der Waals surface area contributed by atoms with Crippen molar-refractivity contribution in [3.63, 3.8) is 0 Å². The van der Waals surface area contributed by atoms with Crippen LogP contribution < -0.4 is 0 Å². The second kappa shape index (κ2) is 12.3. The molecule has 0 aliphatic rings. The fraction of sp³-hybridized carbons (Fsp3) is 0.152. The molecular weight excluding hydrogens is 534 g/mol. The van der Waals surface area contributed by atoms with Gasteiger partial charge < -0.3 is 9.72 Å². The van der Waals surface area contributed by atoms with Crippen molar-refractivity contribution in [1.82, 2.24) is 9.97 Å². The van der Waals surface area contributed by atoms with E-state index < -0.39 is 27.7 Å². The molecule has 206 valence electrons. The van der Waals surface area contributed by atoms with E-state index in [0.29, 0.717) is 16.8 Å². The summed E-state index contributed by atoms with van der Waals surface area (Å²) >= 11 is 0. The Hall–Kier alpha value is -4.55. The van der Waals surface area contributed by atoms with Crippen LogP contribution in [0, 0.1) is 11.3 Å². The van der Waals surface area contributed by atoms with Crippen molar-refractivity contribution in [2.24, 2.45) is 0 Å². The second-order valence-corrected chi connectivity index (χ2v) is 11.2. The molecule has 41 heavy (non-hydrogen) atoms. The van der Waals surface area contributed by atoms with Gasteiger partial charge in [0.15, 0.2) is 0 Å². The van der Waals surface area contributed by atoms with Gasteiger partial charge in [-0.3, -0.25) is 4.18 Å². The molecule has 5 aromatic rings. The molecule has 0 bridgehead atoms. The van der Waals surface area contributed by atoms with E-state index in [2.05, 4.69) is 52.4 Å². The Bertz CT molecular complexity index is 1590. The number of aromatic nitrogens is 2. The van der Waals surface area contributed by atoms with Gasteiger partial charge in [0, 0.05) is 6.20 Å². The van der Waals surface area contributed by atoms with E-state index in [9.17, 15) is 13.7 Å². The lowest BCUT2D eigenvalue weighted by atomic mass is 9.65. The average molecular weight is 564 g/mol. The van der Waals surface area contributed by atoms with Crippen LogP contribution in [0.4, 0.5) is 0 Å². The van der Waals surface area contributed by atoms with Gasteiger partial charge >= 0.3 is 0 Å². The summed E-state index contributed by atoms with van der Waals surface area (Å²) in [5.74, 6) is 0. The molecular formula is C33H29N3O4S. The summed E-state index contributed by atoms with van der Waals surface area (Å²) in [5.41, 5.74) is 3.72. The second-order valence-electron chi connectivity index (χ2n) is 9.64. The van der Waals surface area contributed by atoms with Crippen LogP contribution >= 0.6 is 0 Å². The molecule has 0 radical (unpaired) electrons. The molecule has 8 heteroatoms. The van der Waals surface area contributed by atoms with Crippen molar-refractivity contribution < 1.29 is 17.3 Å². The van der Waals surface area contributed by atoms with Crippen LogP contribution in [0.2, 0.25) is 0 Å². The molecule has 0 saturated heterocycles. The summed E-state index contributed by atoms with van der Waals surface area (Å²) in [5, 5.41) is 9.24. The van der Waals surface area contributed by atoms with Crippen molar-refractivity contribution in [3.8, 4) is 6.07 Å². The number of H-pyrrole nitrogens is 1. The summed E-state index contributed by atoms with van der Waals surface area (Å²) in [7, 11) is -3.85. The minimum Gasteiger partial charge on any atom is -0.367 e. The highest BCUT2D eigenvalue weighted by Gasteiger charge is 2.46. The van der Waals surface area contributed by atoms with E-state index in [1.807, 2.05) is 54.6 Å². The first-order chi connectivity index (χ1) is 19.9. The van der Waals surface area contributed by atoms with Crippen molar-refractivity contribution in [1.29, 1.82) is 5.26 Å². The Morgan fingerprint density at radius 1 is 0.829 bits per heavy atom. The van der Waals surface area contributed by atoms with E-state index >= 15 is 0 Å². The van der Waals surface area contributed by atoms with Crippen molar-refractivity contribution >= 4 is 10.1 Å². The van der Waals surface area contributed by atoms with E-state index in [0.717, 1.165) is 22.9 Å². The Kier molecular flexibility index (Phi) is 8.41. The third-order valence-electron chi connectivity index (χ3n) is 6.99. The number of rotatable bonds is 11. The largest absolute Gasteiger partial charge is 0.367 e.